The van der Waals surface area contributed by atoms with Gasteiger partial charge in [0.2, 0.25) is 0 Å². The molecule has 8 nitrogen and oxygen atoms in total. The van der Waals surface area contributed by atoms with Crippen LogP contribution in [0.4, 0.5) is 5.69 Å². The van der Waals surface area contributed by atoms with E-state index >= 15 is 0 Å². The summed E-state index contributed by atoms with van der Waals surface area (Å²) in [6.45, 7) is 1.65. The Morgan fingerprint density at radius 2 is 1.78 bits per heavy atom. The average molecular weight is 372 g/mol. The smallest absolute Gasteiger partial charge is 0.325 e. The molecule has 0 aromatic heterocycles. The van der Waals surface area contributed by atoms with E-state index in [4.69, 9.17) is 4.74 Å². The highest BCUT2D eigenvalue weighted by Crippen LogP contribution is 2.17. The first-order valence-electron chi connectivity index (χ1n) is 8.17. The Morgan fingerprint density at radius 1 is 1.11 bits per heavy atom. The van der Waals surface area contributed by atoms with Crippen molar-refractivity contribution in [2.75, 3.05) is 20.3 Å². The molecule has 0 N–H and O–H groups in total. The number of carbonyl (C=O) groups excluding carboxylic acids is 2. The van der Waals surface area contributed by atoms with Crippen molar-refractivity contribution in [2.45, 2.75) is 13.5 Å². The Labute approximate surface area is 156 Å². The molecule has 0 bridgehead atoms. The van der Waals surface area contributed by atoms with Crippen LogP contribution < -0.4 is 4.74 Å². The van der Waals surface area contributed by atoms with Crippen LogP contribution in [0, 0.1) is 17.0 Å². The highest BCUT2D eigenvalue weighted by molar-refractivity contribution is 5.83. The molecule has 0 fully saturated rings. The highest BCUT2D eigenvalue weighted by Gasteiger charge is 2.19. The molecule has 2 aromatic carbocycles. The normalized spacial score (nSPS) is 10.1. The first kappa shape index (κ1) is 19.9. The minimum Gasteiger partial charge on any atom is -0.484 e. The van der Waals surface area contributed by atoms with Crippen LogP contribution in [0.5, 0.6) is 5.75 Å². The number of amides is 1. The van der Waals surface area contributed by atoms with Crippen LogP contribution in [0.15, 0.2) is 48.5 Å². The molecule has 0 saturated heterocycles. The van der Waals surface area contributed by atoms with E-state index in [1.54, 1.807) is 0 Å². The second kappa shape index (κ2) is 9.33. The topological polar surface area (TPSA) is 99.0 Å². The van der Waals surface area contributed by atoms with Crippen molar-refractivity contribution in [1.29, 1.82) is 0 Å². The summed E-state index contributed by atoms with van der Waals surface area (Å²) >= 11 is 0. The Kier molecular flexibility index (Phi) is 6.87. The van der Waals surface area contributed by atoms with Crippen LogP contribution >= 0.6 is 0 Å². The van der Waals surface area contributed by atoms with Crippen molar-refractivity contribution in [3.05, 3.63) is 69.8 Å². The summed E-state index contributed by atoms with van der Waals surface area (Å²) < 4.78 is 10.1. The zero-order valence-corrected chi connectivity index (χ0v) is 15.1. The third kappa shape index (κ3) is 5.81. The Bertz CT molecular complexity index is 819. The average Bonchev–Trinajstić information content (AvgIpc) is 2.67. The summed E-state index contributed by atoms with van der Waals surface area (Å²) in [5.74, 6) is -0.614. The molecule has 2 aromatic rings. The van der Waals surface area contributed by atoms with Gasteiger partial charge in [-0.2, -0.15) is 0 Å². The third-order valence-corrected chi connectivity index (χ3v) is 3.93. The van der Waals surface area contributed by atoms with Crippen molar-refractivity contribution in [2.24, 2.45) is 0 Å². The number of carbonyl (C=O) groups is 2. The molecule has 0 aliphatic rings. The van der Waals surface area contributed by atoms with Gasteiger partial charge in [-0.05, 0) is 30.2 Å². The fourth-order valence-electron chi connectivity index (χ4n) is 2.35. The quantitative estimate of drug-likeness (QED) is 0.401. The maximum Gasteiger partial charge on any atom is 0.325 e. The lowest BCUT2D eigenvalue weighted by atomic mass is 10.1. The van der Waals surface area contributed by atoms with Gasteiger partial charge in [-0.15, -0.1) is 0 Å². The van der Waals surface area contributed by atoms with Gasteiger partial charge < -0.3 is 14.4 Å². The maximum atomic E-state index is 12.5. The van der Waals surface area contributed by atoms with Crippen molar-refractivity contribution in [3.8, 4) is 5.75 Å². The zero-order chi connectivity index (χ0) is 19.8. The molecule has 0 radical (unpaired) electrons. The van der Waals surface area contributed by atoms with Crippen LogP contribution in [-0.4, -0.2) is 42.0 Å². The number of ether oxygens (including phenoxy) is 2. The van der Waals surface area contributed by atoms with E-state index in [0.717, 1.165) is 11.1 Å². The van der Waals surface area contributed by atoms with Crippen molar-refractivity contribution in [3.63, 3.8) is 0 Å². The lowest BCUT2D eigenvalue weighted by molar-refractivity contribution is -0.384. The van der Waals surface area contributed by atoms with Gasteiger partial charge in [-0.1, -0.05) is 24.3 Å². The molecule has 0 aliphatic heterocycles. The standard InChI is InChI=1S/C19H20N2O6/c1-14-5-3-4-6-15(14)11-20(12-19(23)26-2)18(22)13-27-17-9-7-16(8-10-17)21(24)25/h3-10H,11-13H2,1-2H3. The minimum absolute atomic E-state index is 0.0689. The number of hydrogen-bond acceptors (Lipinski definition) is 6. The molecule has 0 spiro atoms. The van der Waals surface area contributed by atoms with E-state index in [1.165, 1.54) is 36.3 Å². The van der Waals surface area contributed by atoms with Crippen LogP contribution in [0.1, 0.15) is 11.1 Å². The molecule has 8 heteroatoms. The lowest BCUT2D eigenvalue weighted by Crippen LogP contribution is -2.38. The molecule has 0 unspecified atom stereocenters. The summed E-state index contributed by atoms with van der Waals surface area (Å²) in [4.78, 5) is 35.7. The van der Waals surface area contributed by atoms with Crippen LogP contribution in [-0.2, 0) is 20.9 Å². The summed E-state index contributed by atoms with van der Waals surface area (Å²) in [5, 5.41) is 10.7. The fraction of sp³-hybridized carbons (Fsp3) is 0.263. The predicted octanol–water partition coefficient (Wildman–Crippen LogP) is 2.48. The van der Waals surface area contributed by atoms with E-state index in [2.05, 4.69) is 4.74 Å². The van der Waals surface area contributed by atoms with Gasteiger partial charge in [0.15, 0.2) is 6.61 Å². The number of aryl methyl sites for hydroxylation is 1. The highest BCUT2D eigenvalue weighted by atomic mass is 16.6. The molecule has 142 valence electrons. The second-order valence-corrected chi connectivity index (χ2v) is 5.79. The second-order valence-electron chi connectivity index (χ2n) is 5.79. The van der Waals surface area contributed by atoms with Crippen LogP contribution in [0.25, 0.3) is 0 Å². The van der Waals surface area contributed by atoms with Crippen molar-refractivity contribution < 1.29 is 24.0 Å². The van der Waals surface area contributed by atoms with Gasteiger partial charge >= 0.3 is 5.97 Å². The van der Waals surface area contributed by atoms with Crippen molar-refractivity contribution >= 4 is 17.6 Å². The maximum absolute atomic E-state index is 12.5. The zero-order valence-electron chi connectivity index (χ0n) is 15.1. The van der Waals surface area contributed by atoms with Crippen molar-refractivity contribution in [1.82, 2.24) is 4.90 Å². The number of nitro groups is 1. The van der Waals surface area contributed by atoms with Gasteiger partial charge in [0.25, 0.3) is 11.6 Å². The monoisotopic (exact) mass is 372 g/mol. The van der Waals surface area contributed by atoms with E-state index in [0.29, 0.717) is 5.75 Å². The Morgan fingerprint density at radius 3 is 2.37 bits per heavy atom. The van der Waals surface area contributed by atoms with E-state index in [9.17, 15) is 19.7 Å². The molecule has 0 saturated carbocycles. The number of nitrogens with zero attached hydrogens (tertiary/aromatic N) is 2. The van der Waals surface area contributed by atoms with Crippen LogP contribution in [0.2, 0.25) is 0 Å². The predicted molar refractivity (Wildman–Crippen MR) is 97.2 cm³/mol. The number of methoxy groups -OCH3 is 1. The lowest BCUT2D eigenvalue weighted by Gasteiger charge is -2.22. The number of non-ortho nitro benzene ring substituents is 1. The minimum atomic E-state index is -0.535. The SMILES string of the molecule is COC(=O)CN(Cc1ccccc1C)C(=O)COc1ccc([N+](=O)[O-])cc1. The number of nitro benzene ring substituents is 1. The van der Waals surface area contributed by atoms with E-state index in [1.807, 2.05) is 31.2 Å². The molecule has 0 atom stereocenters. The van der Waals surface area contributed by atoms with Crippen LogP contribution in [0.3, 0.4) is 0 Å². The van der Waals surface area contributed by atoms with Gasteiger partial charge in [0.05, 0.1) is 12.0 Å². The van der Waals surface area contributed by atoms with E-state index < -0.39 is 16.8 Å². The van der Waals surface area contributed by atoms with E-state index in [-0.39, 0.29) is 25.4 Å². The number of hydrogen-bond donors (Lipinski definition) is 0. The summed E-state index contributed by atoms with van der Waals surface area (Å²) in [5.41, 5.74) is 1.84. The molecular formula is C19H20N2O6. The first-order chi connectivity index (χ1) is 12.9. The van der Waals surface area contributed by atoms with Gasteiger partial charge in [0.1, 0.15) is 12.3 Å². The summed E-state index contributed by atoms with van der Waals surface area (Å²) in [6, 6.07) is 13.0. The molecule has 0 heterocycles. The summed E-state index contributed by atoms with van der Waals surface area (Å²) in [6.07, 6.45) is 0. The molecule has 27 heavy (non-hydrogen) atoms. The molecule has 0 aliphatic carbocycles. The Balaban J connectivity index is 2.05. The van der Waals surface area contributed by atoms with Gasteiger partial charge in [-0.3, -0.25) is 19.7 Å². The Hall–Kier alpha value is -3.42. The van der Waals surface area contributed by atoms with Gasteiger partial charge in [-0.25, -0.2) is 0 Å². The fourth-order valence-corrected chi connectivity index (χ4v) is 2.35. The molecular weight excluding hydrogens is 352 g/mol. The summed E-state index contributed by atoms with van der Waals surface area (Å²) in [7, 11) is 1.26. The largest absolute Gasteiger partial charge is 0.484 e. The first-order valence-corrected chi connectivity index (χ1v) is 8.17. The molecule has 1 amide bonds. The number of rotatable bonds is 8. The third-order valence-electron chi connectivity index (χ3n) is 3.93. The number of esters is 1. The van der Waals surface area contributed by atoms with Gasteiger partial charge in [0, 0.05) is 18.7 Å². The number of benzene rings is 2. The molecule has 2 rings (SSSR count).